The van der Waals surface area contributed by atoms with Gasteiger partial charge in [-0.15, -0.1) is 0 Å². The van der Waals surface area contributed by atoms with Gasteiger partial charge >= 0.3 is 0 Å². The summed E-state index contributed by atoms with van der Waals surface area (Å²) in [6.07, 6.45) is 4.13. The minimum atomic E-state index is 0.111. The Morgan fingerprint density at radius 1 is 1.35 bits per heavy atom. The molecule has 2 rings (SSSR count). The molecular weight excluding hydrogens is 282 g/mol. The van der Waals surface area contributed by atoms with Crippen LogP contribution in [0.15, 0.2) is 21.5 Å². The molecule has 0 radical (unpaired) electrons. The lowest BCUT2D eigenvalue weighted by Gasteiger charge is -2.33. The molecule has 0 N–H and O–H groups in total. The third-order valence-corrected chi connectivity index (χ3v) is 3.69. The number of halogens is 1. The number of ether oxygens (including phenoxy) is 1. The van der Waals surface area contributed by atoms with E-state index in [1.807, 2.05) is 23.8 Å². The van der Waals surface area contributed by atoms with Crippen LogP contribution >= 0.6 is 15.9 Å². The number of hydrogen-bond acceptors (Lipinski definition) is 2. The molecule has 3 atom stereocenters. The van der Waals surface area contributed by atoms with E-state index >= 15 is 0 Å². The molecule has 1 aliphatic rings. The minimum Gasteiger partial charge on any atom is -0.375 e. The molecule has 0 saturated carbocycles. The number of aromatic nitrogens is 1. The molecule has 0 aromatic carbocycles. The first-order chi connectivity index (χ1) is 7.97. The zero-order valence-electron chi connectivity index (χ0n) is 10.4. The van der Waals surface area contributed by atoms with Gasteiger partial charge in [0.2, 0.25) is 0 Å². The van der Waals surface area contributed by atoms with E-state index in [0.717, 1.165) is 22.9 Å². The fraction of sp³-hybridized carbons (Fsp3) is 0.615. The summed E-state index contributed by atoms with van der Waals surface area (Å²) in [6.45, 7) is 5.99. The summed E-state index contributed by atoms with van der Waals surface area (Å²) < 4.78 is 8.53. The topological polar surface area (TPSA) is 31.2 Å². The van der Waals surface area contributed by atoms with Gasteiger partial charge in [0.25, 0.3) is 5.56 Å². The van der Waals surface area contributed by atoms with Gasteiger partial charge in [0.1, 0.15) is 0 Å². The van der Waals surface area contributed by atoms with Gasteiger partial charge < -0.3 is 9.30 Å². The smallest absolute Gasteiger partial charge is 0.253 e. The predicted octanol–water partition coefficient (Wildman–Crippen LogP) is 3.05. The van der Waals surface area contributed by atoms with Crippen molar-refractivity contribution < 1.29 is 4.74 Å². The average Bonchev–Trinajstić information content (AvgIpc) is 2.22. The monoisotopic (exact) mass is 299 g/mol. The summed E-state index contributed by atoms with van der Waals surface area (Å²) in [7, 11) is 0. The molecule has 4 heteroatoms. The molecule has 0 aliphatic carbocycles. The van der Waals surface area contributed by atoms with E-state index < -0.39 is 0 Å². The minimum absolute atomic E-state index is 0.111. The van der Waals surface area contributed by atoms with Crippen molar-refractivity contribution in [1.29, 1.82) is 0 Å². The van der Waals surface area contributed by atoms with E-state index in [2.05, 4.69) is 29.8 Å². The number of hydrogen-bond donors (Lipinski definition) is 0. The van der Waals surface area contributed by atoms with Crippen LogP contribution in [0.3, 0.4) is 0 Å². The molecule has 1 saturated heterocycles. The molecular formula is C13H18BrNO2. The highest BCUT2D eigenvalue weighted by Crippen LogP contribution is 2.28. The first kappa shape index (κ1) is 12.8. The normalized spacial score (nSPS) is 29.3. The van der Waals surface area contributed by atoms with Gasteiger partial charge in [0.15, 0.2) is 0 Å². The molecule has 94 valence electrons. The Morgan fingerprint density at radius 3 is 2.53 bits per heavy atom. The third kappa shape index (κ3) is 2.80. The number of pyridine rings is 1. The van der Waals surface area contributed by atoms with E-state index in [-0.39, 0.29) is 23.8 Å². The van der Waals surface area contributed by atoms with Crippen LogP contribution in [-0.2, 0) is 4.74 Å². The van der Waals surface area contributed by atoms with Crippen molar-refractivity contribution in [3.63, 3.8) is 0 Å². The summed E-state index contributed by atoms with van der Waals surface area (Å²) in [5, 5.41) is 0. The van der Waals surface area contributed by atoms with E-state index in [1.165, 1.54) is 0 Å². The SMILES string of the molecule is Cc1cc(Br)cn(C2C[C@@H](C)O[C@@H](C)C2)c1=O. The Labute approximate surface area is 110 Å². The van der Waals surface area contributed by atoms with E-state index in [4.69, 9.17) is 4.74 Å². The van der Waals surface area contributed by atoms with Crippen molar-refractivity contribution >= 4 is 15.9 Å². The second-order valence-corrected chi connectivity index (χ2v) is 5.85. The molecule has 0 bridgehead atoms. The second-order valence-electron chi connectivity index (χ2n) is 4.94. The second kappa shape index (κ2) is 4.94. The number of rotatable bonds is 1. The van der Waals surface area contributed by atoms with Crippen LogP contribution in [0, 0.1) is 6.92 Å². The van der Waals surface area contributed by atoms with Crippen molar-refractivity contribution in [1.82, 2.24) is 4.57 Å². The fourth-order valence-corrected chi connectivity index (χ4v) is 3.13. The molecule has 1 aromatic rings. The van der Waals surface area contributed by atoms with Crippen LogP contribution in [0.25, 0.3) is 0 Å². The van der Waals surface area contributed by atoms with Crippen LogP contribution in [0.4, 0.5) is 0 Å². The van der Waals surface area contributed by atoms with Gasteiger partial charge in [0, 0.05) is 22.3 Å². The van der Waals surface area contributed by atoms with Crippen molar-refractivity contribution in [2.45, 2.75) is 51.9 Å². The lowest BCUT2D eigenvalue weighted by molar-refractivity contribution is -0.0493. The Kier molecular flexibility index (Phi) is 3.73. The van der Waals surface area contributed by atoms with Crippen molar-refractivity contribution in [2.75, 3.05) is 0 Å². The number of aryl methyl sites for hydroxylation is 1. The molecule has 0 amide bonds. The molecule has 2 heterocycles. The van der Waals surface area contributed by atoms with Gasteiger partial charge in [0.05, 0.1) is 12.2 Å². The average molecular weight is 300 g/mol. The molecule has 3 nitrogen and oxygen atoms in total. The van der Waals surface area contributed by atoms with Crippen LogP contribution < -0.4 is 5.56 Å². The predicted molar refractivity (Wildman–Crippen MR) is 71.4 cm³/mol. The van der Waals surface area contributed by atoms with Gasteiger partial charge in [-0.3, -0.25) is 4.79 Å². The zero-order chi connectivity index (χ0) is 12.6. The zero-order valence-corrected chi connectivity index (χ0v) is 12.0. The van der Waals surface area contributed by atoms with Gasteiger partial charge in [-0.1, -0.05) is 0 Å². The first-order valence-corrected chi connectivity index (χ1v) is 6.80. The highest BCUT2D eigenvalue weighted by molar-refractivity contribution is 9.10. The fourth-order valence-electron chi connectivity index (χ4n) is 2.57. The molecule has 1 unspecified atom stereocenters. The lowest BCUT2D eigenvalue weighted by Crippen LogP contribution is -2.35. The molecule has 1 aromatic heterocycles. The van der Waals surface area contributed by atoms with Gasteiger partial charge in [-0.2, -0.15) is 0 Å². The maximum atomic E-state index is 12.1. The Bertz CT molecular complexity index is 459. The third-order valence-electron chi connectivity index (χ3n) is 3.25. The number of nitrogens with zero attached hydrogens (tertiary/aromatic N) is 1. The molecule has 1 aliphatic heterocycles. The Morgan fingerprint density at radius 2 is 1.94 bits per heavy atom. The molecule has 0 spiro atoms. The van der Waals surface area contributed by atoms with Crippen LogP contribution in [-0.4, -0.2) is 16.8 Å². The largest absolute Gasteiger partial charge is 0.375 e. The van der Waals surface area contributed by atoms with Gasteiger partial charge in [-0.05, 0) is 55.6 Å². The van der Waals surface area contributed by atoms with E-state index in [1.54, 1.807) is 0 Å². The Hall–Kier alpha value is -0.610. The lowest BCUT2D eigenvalue weighted by atomic mass is 9.99. The van der Waals surface area contributed by atoms with Crippen LogP contribution in [0.2, 0.25) is 0 Å². The van der Waals surface area contributed by atoms with E-state index in [9.17, 15) is 4.79 Å². The standard InChI is InChI=1S/C13H18BrNO2/c1-8-4-11(14)7-15(13(8)16)12-5-9(2)17-10(3)6-12/h4,7,9-10,12H,5-6H2,1-3H3/t9-,10+,12?. The quantitative estimate of drug-likeness (QED) is 0.798. The molecule has 17 heavy (non-hydrogen) atoms. The summed E-state index contributed by atoms with van der Waals surface area (Å²) in [6, 6.07) is 2.11. The van der Waals surface area contributed by atoms with Crippen LogP contribution in [0.5, 0.6) is 0 Å². The van der Waals surface area contributed by atoms with Crippen molar-refractivity contribution in [3.05, 3.63) is 32.7 Å². The summed E-state index contributed by atoms with van der Waals surface area (Å²) in [5.74, 6) is 0. The van der Waals surface area contributed by atoms with E-state index in [0.29, 0.717) is 0 Å². The van der Waals surface area contributed by atoms with Crippen molar-refractivity contribution in [3.8, 4) is 0 Å². The molecule has 1 fully saturated rings. The maximum absolute atomic E-state index is 12.1. The van der Waals surface area contributed by atoms with Crippen molar-refractivity contribution in [2.24, 2.45) is 0 Å². The maximum Gasteiger partial charge on any atom is 0.253 e. The highest BCUT2D eigenvalue weighted by Gasteiger charge is 2.26. The summed E-state index contributed by atoms with van der Waals surface area (Å²) >= 11 is 3.45. The highest BCUT2D eigenvalue weighted by atomic mass is 79.9. The first-order valence-electron chi connectivity index (χ1n) is 6.01. The van der Waals surface area contributed by atoms with Crippen LogP contribution in [0.1, 0.15) is 38.3 Å². The Balaban J connectivity index is 2.36. The van der Waals surface area contributed by atoms with Gasteiger partial charge in [-0.25, -0.2) is 0 Å². The summed E-state index contributed by atoms with van der Waals surface area (Å²) in [4.78, 5) is 12.1. The summed E-state index contributed by atoms with van der Waals surface area (Å²) in [5.41, 5.74) is 0.894.